The number of sulfonamides is 1. The van der Waals surface area contributed by atoms with Crippen molar-refractivity contribution >= 4 is 10.0 Å². The highest BCUT2D eigenvalue weighted by Crippen LogP contribution is 2.31. The third kappa shape index (κ3) is 5.06. The summed E-state index contributed by atoms with van der Waals surface area (Å²) < 4.78 is 33.5. The number of rotatable bonds is 8. The number of benzene rings is 2. The summed E-state index contributed by atoms with van der Waals surface area (Å²) in [5.74, 6) is 0.915. The maximum absolute atomic E-state index is 12.7. The van der Waals surface area contributed by atoms with E-state index in [4.69, 9.17) is 4.74 Å². The van der Waals surface area contributed by atoms with E-state index in [2.05, 4.69) is 16.9 Å². The van der Waals surface area contributed by atoms with E-state index in [0.29, 0.717) is 17.0 Å². The van der Waals surface area contributed by atoms with Gasteiger partial charge in [-0.15, -0.1) is 0 Å². The van der Waals surface area contributed by atoms with Gasteiger partial charge in [0.25, 0.3) is 0 Å². The van der Waals surface area contributed by atoms with Gasteiger partial charge in [-0.25, -0.2) is 13.1 Å². The minimum absolute atomic E-state index is 0.183. The van der Waals surface area contributed by atoms with Gasteiger partial charge >= 0.3 is 0 Å². The van der Waals surface area contributed by atoms with E-state index in [1.165, 1.54) is 5.56 Å². The lowest BCUT2D eigenvalue weighted by Gasteiger charge is -2.16. The molecular formula is C20H27NO3S. The predicted octanol–water partition coefficient (Wildman–Crippen LogP) is 4.04. The van der Waals surface area contributed by atoms with Gasteiger partial charge in [-0.1, -0.05) is 44.2 Å². The van der Waals surface area contributed by atoms with Gasteiger partial charge in [-0.2, -0.15) is 0 Å². The van der Waals surface area contributed by atoms with Crippen LogP contribution < -0.4 is 9.46 Å². The van der Waals surface area contributed by atoms with Crippen LogP contribution in [0.4, 0.5) is 0 Å². The molecule has 2 rings (SSSR count). The summed E-state index contributed by atoms with van der Waals surface area (Å²) in [6.45, 7) is 6.26. The number of nitrogens with one attached hydrogen (secondary N) is 1. The van der Waals surface area contributed by atoms with Crippen molar-refractivity contribution in [2.24, 2.45) is 0 Å². The Hall–Kier alpha value is -1.85. The van der Waals surface area contributed by atoms with E-state index in [1.54, 1.807) is 26.2 Å². The molecule has 0 radical (unpaired) electrons. The Morgan fingerprint density at radius 3 is 2.40 bits per heavy atom. The summed E-state index contributed by atoms with van der Waals surface area (Å²) in [5.41, 5.74) is 2.80. The van der Waals surface area contributed by atoms with Crippen LogP contribution in [-0.2, 0) is 16.4 Å². The van der Waals surface area contributed by atoms with E-state index < -0.39 is 10.0 Å². The van der Waals surface area contributed by atoms with Crippen molar-refractivity contribution < 1.29 is 13.2 Å². The van der Waals surface area contributed by atoms with E-state index in [0.717, 1.165) is 24.2 Å². The summed E-state index contributed by atoms with van der Waals surface area (Å²) in [7, 11) is -1.92. The molecule has 0 amide bonds. The van der Waals surface area contributed by atoms with Crippen LogP contribution in [0.25, 0.3) is 0 Å². The first-order chi connectivity index (χ1) is 11.8. The third-order valence-electron chi connectivity index (χ3n) is 4.22. The van der Waals surface area contributed by atoms with Gasteiger partial charge in [-0.05, 0) is 54.5 Å². The highest BCUT2D eigenvalue weighted by molar-refractivity contribution is 7.89. The number of ether oxygens (including phenoxy) is 1. The zero-order valence-corrected chi connectivity index (χ0v) is 16.2. The van der Waals surface area contributed by atoms with Crippen LogP contribution in [0.3, 0.4) is 0 Å². The molecule has 0 bridgehead atoms. The molecule has 0 aromatic heterocycles. The summed E-state index contributed by atoms with van der Waals surface area (Å²) in [5, 5.41) is 0. The zero-order chi connectivity index (χ0) is 18.4. The Morgan fingerprint density at radius 2 is 1.80 bits per heavy atom. The maximum atomic E-state index is 12.7. The van der Waals surface area contributed by atoms with Crippen molar-refractivity contribution in [1.29, 1.82) is 0 Å². The van der Waals surface area contributed by atoms with E-state index in [-0.39, 0.29) is 5.92 Å². The highest BCUT2D eigenvalue weighted by atomic mass is 32.2. The minimum Gasteiger partial charge on any atom is -0.496 e. The Bertz CT molecular complexity index is 799. The average Bonchev–Trinajstić information content (AvgIpc) is 2.58. The molecule has 0 spiro atoms. The van der Waals surface area contributed by atoms with Crippen LogP contribution in [0.15, 0.2) is 47.4 Å². The molecule has 1 N–H and O–H groups in total. The molecule has 136 valence electrons. The highest BCUT2D eigenvalue weighted by Gasteiger charge is 2.20. The molecule has 2 aromatic carbocycles. The first-order valence-corrected chi connectivity index (χ1v) is 10.1. The molecule has 25 heavy (non-hydrogen) atoms. The standard InChI is InChI=1S/C20H27NO3S/c1-15(2)18-14-20(16(3)13-19(18)24-4)25(22,23)21-12-8-11-17-9-6-5-7-10-17/h5-7,9-10,13-15,21H,8,11-12H2,1-4H3. The Kier molecular flexibility index (Phi) is 6.62. The molecule has 2 aromatic rings. The molecule has 0 saturated heterocycles. The van der Waals surface area contributed by atoms with Gasteiger partial charge < -0.3 is 4.74 Å². The molecule has 0 aliphatic rings. The van der Waals surface area contributed by atoms with Crippen LogP contribution in [0.1, 0.15) is 42.9 Å². The summed E-state index contributed by atoms with van der Waals surface area (Å²) >= 11 is 0. The smallest absolute Gasteiger partial charge is 0.240 e. The summed E-state index contributed by atoms with van der Waals surface area (Å²) in [4.78, 5) is 0.330. The fraction of sp³-hybridized carbons (Fsp3) is 0.400. The third-order valence-corrected chi connectivity index (χ3v) is 5.82. The molecule has 0 unspecified atom stereocenters. The van der Waals surface area contributed by atoms with Crippen LogP contribution in [-0.4, -0.2) is 22.1 Å². The maximum Gasteiger partial charge on any atom is 0.240 e. The monoisotopic (exact) mass is 361 g/mol. The molecule has 0 saturated carbocycles. The van der Waals surface area contributed by atoms with Gasteiger partial charge in [0.15, 0.2) is 0 Å². The second-order valence-electron chi connectivity index (χ2n) is 6.50. The van der Waals surface area contributed by atoms with Gasteiger partial charge in [-0.3, -0.25) is 0 Å². The fourth-order valence-corrected chi connectivity index (χ4v) is 4.15. The quantitative estimate of drug-likeness (QED) is 0.722. The van der Waals surface area contributed by atoms with Crippen molar-refractivity contribution in [3.63, 3.8) is 0 Å². The van der Waals surface area contributed by atoms with Crippen LogP contribution in [0, 0.1) is 6.92 Å². The number of aryl methyl sites for hydroxylation is 2. The Labute approximate surface area is 151 Å². The molecule has 5 heteroatoms. The van der Waals surface area contributed by atoms with Crippen LogP contribution >= 0.6 is 0 Å². The largest absolute Gasteiger partial charge is 0.496 e. The van der Waals surface area contributed by atoms with Gasteiger partial charge in [0.05, 0.1) is 12.0 Å². The first-order valence-electron chi connectivity index (χ1n) is 8.57. The lowest BCUT2D eigenvalue weighted by Crippen LogP contribution is -2.26. The van der Waals surface area contributed by atoms with Gasteiger partial charge in [0.1, 0.15) is 5.75 Å². The van der Waals surface area contributed by atoms with Crippen LogP contribution in [0.5, 0.6) is 5.75 Å². The topological polar surface area (TPSA) is 55.4 Å². The SMILES string of the molecule is COc1cc(C)c(S(=O)(=O)NCCCc2ccccc2)cc1C(C)C. The van der Waals surface area contributed by atoms with Crippen molar-refractivity contribution in [1.82, 2.24) is 4.72 Å². The lowest BCUT2D eigenvalue weighted by atomic mass is 10.0. The first kappa shape index (κ1) is 19.5. The lowest BCUT2D eigenvalue weighted by molar-refractivity contribution is 0.406. The summed E-state index contributed by atoms with van der Waals surface area (Å²) in [6, 6.07) is 13.6. The Balaban J connectivity index is 2.09. The van der Waals surface area contributed by atoms with E-state index in [9.17, 15) is 8.42 Å². The molecule has 4 nitrogen and oxygen atoms in total. The molecule has 0 fully saturated rings. The van der Waals surface area contributed by atoms with Crippen molar-refractivity contribution in [3.8, 4) is 5.75 Å². The number of hydrogen-bond acceptors (Lipinski definition) is 3. The molecular weight excluding hydrogens is 334 g/mol. The fourth-order valence-electron chi connectivity index (χ4n) is 2.82. The van der Waals surface area contributed by atoms with Crippen molar-refractivity contribution in [2.75, 3.05) is 13.7 Å². The second-order valence-corrected chi connectivity index (χ2v) is 8.24. The number of methoxy groups -OCH3 is 1. The zero-order valence-electron chi connectivity index (χ0n) is 15.4. The molecule has 0 aliphatic heterocycles. The average molecular weight is 362 g/mol. The number of hydrogen-bond donors (Lipinski definition) is 1. The second kappa shape index (κ2) is 8.50. The van der Waals surface area contributed by atoms with E-state index in [1.807, 2.05) is 32.0 Å². The Morgan fingerprint density at radius 1 is 1.12 bits per heavy atom. The van der Waals surface area contributed by atoms with Crippen molar-refractivity contribution in [3.05, 3.63) is 59.2 Å². The van der Waals surface area contributed by atoms with Gasteiger partial charge in [0, 0.05) is 6.54 Å². The van der Waals surface area contributed by atoms with Crippen molar-refractivity contribution in [2.45, 2.75) is 44.4 Å². The van der Waals surface area contributed by atoms with E-state index >= 15 is 0 Å². The van der Waals surface area contributed by atoms with Gasteiger partial charge in [0.2, 0.25) is 10.0 Å². The predicted molar refractivity (Wildman–Crippen MR) is 102 cm³/mol. The molecule has 0 heterocycles. The molecule has 0 atom stereocenters. The molecule has 0 aliphatic carbocycles. The normalized spacial score (nSPS) is 11.7. The minimum atomic E-state index is -3.53. The summed E-state index contributed by atoms with van der Waals surface area (Å²) in [6.07, 6.45) is 1.61. The van der Waals surface area contributed by atoms with Crippen LogP contribution in [0.2, 0.25) is 0 Å².